The molecule has 0 saturated carbocycles. The summed E-state index contributed by atoms with van der Waals surface area (Å²) in [6.07, 6.45) is 0.230. The van der Waals surface area contributed by atoms with Crippen LogP contribution < -0.4 is 10.6 Å². The van der Waals surface area contributed by atoms with Gasteiger partial charge in [-0.05, 0) is 55.3 Å². The van der Waals surface area contributed by atoms with Crippen molar-refractivity contribution >= 4 is 11.7 Å². The Balaban J connectivity index is 1.61. The Morgan fingerprint density at radius 2 is 2.03 bits per heavy atom. The number of amides is 1. The summed E-state index contributed by atoms with van der Waals surface area (Å²) in [5, 5.41) is 24.1. The lowest BCUT2D eigenvalue weighted by Crippen LogP contribution is -2.18. The number of hydrogen-bond acceptors (Lipinski definition) is 6. The van der Waals surface area contributed by atoms with E-state index in [1.165, 1.54) is 25.4 Å². The number of alkyl halides is 1. The lowest BCUT2D eigenvalue weighted by Gasteiger charge is -2.11. The average molecular weight is 427 g/mol. The first kappa shape index (κ1) is 22.1. The molecule has 2 heterocycles. The first-order valence-corrected chi connectivity index (χ1v) is 9.76. The molecule has 9 heteroatoms. The number of aromatic nitrogens is 3. The van der Waals surface area contributed by atoms with Gasteiger partial charge >= 0.3 is 0 Å². The molecule has 162 valence electrons. The standard InChI is InChI=1S/C22H23F2N5O2/c1-13-10-15(21(30)16(11-13)22(31)25-2)18-5-6-20(29-28-18)27-9-7-14(23)12-19-17(24)4-3-8-26-19/h3-6,8,10-11,14,30H,7,9,12H2,1-2H3,(H,25,31)(H,27,29)/t14-/m0/s1. The number of pyridine rings is 1. The molecule has 7 nitrogen and oxygen atoms in total. The maximum Gasteiger partial charge on any atom is 0.254 e. The van der Waals surface area contributed by atoms with Gasteiger partial charge < -0.3 is 15.7 Å². The zero-order valence-electron chi connectivity index (χ0n) is 17.2. The maximum absolute atomic E-state index is 14.1. The average Bonchev–Trinajstić information content (AvgIpc) is 2.76. The predicted octanol–water partition coefficient (Wildman–Crippen LogP) is 3.43. The third-order valence-electron chi connectivity index (χ3n) is 4.68. The fraction of sp³-hybridized carbons (Fsp3) is 0.273. The zero-order valence-corrected chi connectivity index (χ0v) is 17.2. The molecule has 0 spiro atoms. The number of carbonyl (C=O) groups is 1. The third-order valence-corrected chi connectivity index (χ3v) is 4.68. The van der Waals surface area contributed by atoms with Gasteiger partial charge in [0.1, 0.15) is 23.6 Å². The summed E-state index contributed by atoms with van der Waals surface area (Å²) in [6.45, 7) is 2.09. The summed E-state index contributed by atoms with van der Waals surface area (Å²) >= 11 is 0. The molecule has 1 amide bonds. The van der Waals surface area contributed by atoms with Gasteiger partial charge in [-0.25, -0.2) is 8.78 Å². The molecule has 3 rings (SSSR count). The van der Waals surface area contributed by atoms with Gasteiger partial charge in [0.15, 0.2) is 0 Å². The quantitative estimate of drug-likeness (QED) is 0.509. The van der Waals surface area contributed by atoms with Gasteiger partial charge in [0.05, 0.1) is 17.0 Å². The molecule has 3 aromatic rings. The van der Waals surface area contributed by atoms with Crippen LogP contribution >= 0.6 is 0 Å². The van der Waals surface area contributed by atoms with Gasteiger partial charge in [-0.15, -0.1) is 10.2 Å². The number of hydrogen-bond donors (Lipinski definition) is 3. The van der Waals surface area contributed by atoms with Crippen LogP contribution in [-0.2, 0) is 6.42 Å². The number of phenolic OH excluding ortho intramolecular Hbond substituents is 1. The fourth-order valence-electron chi connectivity index (χ4n) is 3.09. The number of phenols is 1. The summed E-state index contributed by atoms with van der Waals surface area (Å²) in [6, 6.07) is 9.32. The molecule has 0 bridgehead atoms. The summed E-state index contributed by atoms with van der Waals surface area (Å²) in [7, 11) is 1.49. The van der Waals surface area contributed by atoms with E-state index >= 15 is 0 Å². The number of aryl methyl sites for hydroxylation is 1. The highest BCUT2D eigenvalue weighted by Crippen LogP contribution is 2.32. The summed E-state index contributed by atoms with van der Waals surface area (Å²) in [5.74, 6) is -0.667. The van der Waals surface area contributed by atoms with Crippen LogP contribution in [-0.4, -0.2) is 46.0 Å². The van der Waals surface area contributed by atoms with E-state index in [0.29, 0.717) is 17.1 Å². The Hall–Kier alpha value is -3.62. The minimum atomic E-state index is -1.25. The highest BCUT2D eigenvalue weighted by atomic mass is 19.1. The van der Waals surface area contributed by atoms with Crippen molar-refractivity contribution in [2.24, 2.45) is 0 Å². The van der Waals surface area contributed by atoms with Crippen molar-refractivity contribution in [2.75, 3.05) is 18.9 Å². The molecule has 2 aromatic heterocycles. The van der Waals surface area contributed by atoms with Crippen molar-refractivity contribution in [3.63, 3.8) is 0 Å². The van der Waals surface area contributed by atoms with Crippen molar-refractivity contribution in [3.8, 4) is 17.0 Å². The molecule has 3 N–H and O–H groups in total. The van der Waals surface area contributed by atoms with E-state index in [9.17, 15) is 18.7 Å². The monoisotopic (exact) mass is 427 g/mol. The van der Waals surface area contributed by atoms with Crippen molar-refractivity contribution in [1.29, 1.82) is 0 Å². The molecule has 1 atom stereocenters. The number of aromatic hydroxyl groups is 1. The minimum absolute atomic E-state index is 0.0979. The molecule has 0 aliphatic heterocycles. The molecule has 1 aromatic carbocycles. The van der Waals surface area contributed by atoms with Crippen LogP contribution in [0.1, 0.15) is 28.0 Å². The van der Waals surface area contributed by atoms with Crippen molar-refractivity contribution in [1.82, 2.24) is 20.5 Å². The molecule has 0 saturated heterocycles. The van der Waals surface area contributed by atoms with E-state index < -0.39 is 17.9 Å². The zero-order chi connectivity index (χ0) is 22.4. The van der Waals surface area contributed by atoms with E-state index in [4.69, 9.17) is 0 Å². The summed E-state index contributed by atoms with van der Waals surface area (Å²) in [4.78, 5) is 15.8. The summed E-state index contributed by atoms with van der Waals surface area (Å²) < 4.78 is 27.7. The second-order valence-electron chi connectivity index (χ2n) is 7.04. The number of carbonyl (C=O) groups excluding carboxylic acids is 1. The largest absolute Gasteiger partial charge is 0.506 e. The Morgan fingerprint density at radius 1 is 1.23 bits per heavy atom. The number of nitrogens with zero attached hydrogens (tertiary/aromatic N) is 3. The summed E-state index contributed by atoms with van der Waals surface area (Å²) in [5.41, 5.74) is 1.83. The lowest BCUT2D eigenvalue weighted by molar-refractivity contribution is 0.0960. The Labute approximate surface area is 178 Å². The number of nitrogens with one attached hydrogen (secondary N) is 2. The molecule has 0 fully saturated rings. The third kappa shape index (κ3) is 5.50. The van der Waals surface area contributed by atoms with E-state index in [-0.39, 0.29) is 36.4 Å². The second-order valence-corrected chi connectivity index (χ2v) is 7.04. The normalized spacial score (nSPS) is 11.7. The molecular weight excluding hydrogens is 404 g/mol. The highest BCUT2D eigenvalue weighted by Gasteiger charge is 2.17. The molecular formula is C22H23F2N5O2. The van der Waals surface area contributed by atoms with Crippen LogP contribution in [0.15, 0.2) is 42.6 Å². The Bertz CT molecular complexity index is 1060. The lowest BCUT2D eigenvalue weighted by atomic mass is 10.0. The smallest absolute Gasteiger partial charge is 0.254 e. The second kappa shape index (κ2) is 9.92. The van der Waals surface area contributed by atoms with Gasteiger partial charge in [-0.2, -0.15) is 0 Å². The van der Waals surface area contributed by atoms with Gasteiger partial charge in [-0.1, -0.05) is 0 Å². The molecule has 0 aliphatic carbocycles. The number of anilines is 1. The van der Waals surface area contributed by atoms with Crippen LogP contribution in [0, 0.1) is 12.7 Å². The van der Waals surface area contributed by atoms with E-state index in [1.54, 1.807) is 24.3 Å². The first-order valence-electron chi connectivity index (χ1n) is 9.76. The number of rotatable bonds is 8. The molecule has 0 radical (unpaired) electrons. The van der Waals surface area contributed by atoms with Crippen LogP contribution in [0.4, 0.5) is 14.6 Å². The number of benzene rings is 1. The van der Waals surface area contributed by atoms with Crippen LogP contribution in [0.25, 0.3) is 11.3 Å². The van der Waals surface area contributed by atoms with E-state index in [0.717, 1.165) is 5.56 Å². The Morgan fingerprint density at radius 3 is 2.71 bits per heavy atom. The van der Waals surface area contributed by atoms with Gasteiger partial charge in [0, 0.05) is 31.8 Å². The minimum Gasteiger partial charge on any atom is -0.506 e. The van der Waals surface area contributed by atoms with Gasteiger partial charge in [0.2, 0.25) is 0 Å². The van der Waals surface area contributed by atoms with E-state index in [1.807, 2.05) is 6.92 Å². The predicted molar refractivity (Wildman–Crippen MR) is 113 cm³/mol. The topological polar surface area (TPSA) is 100 Å². The highest BCUT2D eigenvalue weighted by molar-refractivity contribution is 5.99. The van der Waals surface area contributed by atoms with E-state index in [2.05, 4.69) is 25.8 Å². The van der Waals surface area contributed by atoms with Crippen LogP contribution in [0.5, 0.6) is 5.75 Å². The van der Waals surface area contributed by atoms with Crippen molar-refractivity contribution in [3.05, 3.63) is 65.2 Å². The maximum atomic E-state index is 14.1. The SMILES string of the molecule is CNC(=O)c1cc(C)cc(-c2ccc(NCC[C@H](F)Cc3ncccc3F)nn2)c1O. The Kier molecular flexibility index (Phi) is 7.07. The number of halogens is 2. The van der Waals surface area contributed by atoms with Crippen molar-refractivity contribution in [2.45, 2.75) is 25.9 Å². The van der Waals surface area contributed by atoms with Crippen molar-refractivity contribution < 1.29 is 18.7 Å². The van der Waals surface area contributed by atoms with Gasteiger partial charge in [0.25, 0.3) is 5.91 Å². The molecule has 0 aliphatic rings. The van der Waals surface area contributed by atoms with Crippen LogP contribution in [0.3, 0.4) is 0 Å². The first-order chi connectivity index (χ1) is 14.9. The van der Waals surface area contributed by atoms with Crippen LogP contribution in [0.2, 0.25) is 0 Å². The molecule has 0 unspecified atom stereocenters. The molecule has 31 heavy (non-hydrogen) atoms. The fourth-order valence-corrected chi connectivity index (χ4v) is 3.09. The van der Waals surface area contributed by atoms with Gasteiger partial charge in [-0.3, -0.25) is 9.78 Å².